The van der Waals surface area contributed by atoms with Crippen LogP contribution in [0.5, 0.6) is 0 Å². The second kappa shape index (κ2) is 4.42. The fourth-order valence-electron chi connectivity index (χ4n) is 1.39. The lowest BCUT2D eigenvalue weighted by molar-refractivity contribution is 0.472. The first-order chi connectivity index (χ1) is 6.15. The molecule has 0 aliphatic rings. The average Bonchev–Trinajstić information content (AvgIpc) is 2.52. The highest BCUT2D eigenvalue weighted by Gasteiger charge is 2.08. The van der Waals surface area contributed by atoms with Gasteiger partial charge < -0.3 is 10.3 Å². The molecule has 0 fully saturated rings. The van der Waals surface area contributed by atoms with Crippen molar-refractivity contribution >= 4 is 0 Å². The number of rotatable bonds is 4. The molecule has 13 heavy (non-hydrogen) atoms. The number of imidazole rings is 1. The number of nitrogens with zero attached hydrogens (tertiary/aromatic N) is 2. The van der Waals surface area contributed by atoms with E-state index in [1.807, 2.05) is 12.4 Å². The minimum Gasteiger partial charge on any atom is -0.334 e. The van der Waals surface area contributed by atoms with Gasteiger partial charge in [0.25, 0.3) is 0 Å². The molecule has 0 radical (unpaired) electrons. The second-order valence-corrected chi connectivity index (χ2v) is 3.93. The van der Waals surface area contributed by atoms with Crippen LogP contribution in [0.4, 0.5) is 0 Å². The Kier molecular flexibility index (Phi) is 3.48. The summed E-state index contributed by atoms with van der Waals surface area (Å²) < 4.78 is 2.20. The van der Waals surface area contributed by atoms with Crippen molar-refractivity contribution in [2.75, 3.05) is 6.54 Å². The molecule has 1 atom stereocenters. The lowest BCUT2D eigenvalue weighted by atomic mass is 10.1. The minimum atomic E-state index is 0.486. The fourth-order valence-corrected chi connectivity index (χ4v) is 1.39. The maximum absolute atomic E-state index is 5.58. The van der Waals surface area contributed by atoms with Gasteiger partial charge in [-0.2, -0.15) is 0 Å². The third-order valence-corrected chi connectivity index (χ3v) is 2.17. The van der Waals surface area contributed by atoms with Crippen molar-refractivity contribution in [3.05, 3.63) is 18.2 Å². The van der Waals surface area contributed by atoms with Gasteiger partial charge >= 0.3 is 0 Å². The Morgan fingerprint density at radius 2 is 2.15 bits per heavy atom. The molecular weight excluding hydrogens is 162 g/mol. The van der Waals surface area contributed by atoms with Gasteiger partial charge in [-0.3, -0.25) is 0 Å². The Morgan fingerprint density at radius 3 is 2.69 bits per heavy atom. The monoisotopic (exact) mass is 181 g/mol. The molecule has 0 amide bonds. The summed E-state index contributed by atoms with van der Waals surface area (Å²) in [5.41, 5.74) is 5.58. The molecule has 0 saturated heterocycles. The molecule has 3 heteroatoms. The first kappa shape index (κ1) is 10.3. The number of hydrogen-bond acceptors (Lipinski definition) is 2. The largest absolute Gasteiger partial charge is 0.334 e. The van der Waals surface area contributed by atoms with Crippen LogP contribution < -0.4 is 5.73 Å². The van der Waals surface area contributed by atoms with Gasteiger partial charge in [0.2, 0.25) is 0 Å². The molecule has 0 bridgehead atoms. The van der Waals surface area contributed by atoms with Crippen molar-refractivity contribution in [1.82, 2.24) is 9.55 Å². The number of nitrogens with two attached hydrogens (primary N) is 1. The molecule has 0 spiro atoms. The molecule has 0 saturated carbocycles. The molecule has 3 nitrogen and oxygen atoms in total. The van der Waals surface area contributed by atoms with Crippen LogP contribution in [0.25, 0.3) is 0 Å². The molecule has 0 aliphatic carbocycles. The SMILES string of the molecule is CC(CN)Cn1ccnc1C(C)C. The highest BCUT2D eigenvalue weighted by molar-refractivity contribution is 4.97. The Hall–Kier alpha value is -0.830. The van der Waals surface area contributed by atoms with E-state index < -0.39 is 0 Å². The topological polar surface area (TPSA) is 43.8 Å². The summed E-state index contributed by atoms with van der Waals surface area (Å²) in [5, 5.41) is 0. The Bertz CT molecular complexity index is 252. The summed E-state index contributed by atoms with van der Waals surface area (Å²) >= 11 is 0. The van der Waals surface area contributed by atoms with E-state index in [0.29, 0.717) is 11.8 Å². The van der Waals surface area contributed by atoms with Crippen LogP contribution in [0.15, 0.2) is 12.4 Å². The zero-order valence-electron chi connectivity index (χ0n) is 8.70. The van der Waals surface area contributed by atoms with Gasteiger partial charge in [-0.25, -0.2) is 4.98 Å². The minimum absolute atomic E-state index is 0.486. The molecule has 74 valence electrons. The van der Waals surface area contributed by atoms with E-state index in [2.05, 4.69) is 30.3 Å². The van der Waals surface area contributed by atoms with Crippen molar-refractivity contribution in [1.29, 1.82) is 0 Å². The summed E-state index contributed by atoms with van der Waals surface area (Å²) in [4.78, 5) is 4.33. The van der Waals surface area contributed by atoms with Gasteiger partial charge in [0.15, 0.2) is 0 Å². The quantitative estimate of drug-likeness (QED) is 0.766. The Balaban J connectivity index is 2.70. The molecule has 1 aromatic heterocycles. The standard InChI is InChI=1S/C10H19N3/c1-8(2)10-12-4-5-13(10)7-9(3)6-11/h4-5,8-9H,6-7,11H2,1-3H3. The van der Waals surface area contributed by atoms with Crippen LogP contribution in [-0.2, 0) is 6.54 Å². The summed E-state index contributed by atoms with van der Waals surface area (Å²) in [6.45, 7) is 8.18. The zero-order chi connectivity index (χ0) is 9.84. The van der Waals surface area contributed by atoms with E-state index in [1.165, 1.54) is 0 Å². The highest BCUT2D eigenvalue weighted by atomic mass is 15.1. The summed E-state index contributed by atoms with van der Waals surface area (Å²) in [5.74, 6) is 2.16. The molecule has 1 rings (SSSR count). The van der Waals surface area contributed by atoms with Gasteiger partial charge in [-0.1, -0.05) is 20.8 Å². The van der Waals surface area contributed by atoms with Crippen LogP contribution in [0.2, 0.25) is 0 Å². The summed E-state index contributed by atoms with van der Waals surface area (Å²) in [6, 6.07) is 0. The van der Waals surface area contributed by atoms with Crippen molar-refractivity contribution in [2.24, 2.45) is 11.7 Å². The zero-order valence-corrected chi connectivity index (χ0v) is 8.70. The molecular formula is C10H19N3. The van der Waals surface area contributed by atoms with Crippen LogP contribution in [0.3, 0.4) is 0 Å². The highest BCUT2D eigenvalue weighted by Crippen LogP contribution is 2.13. The molecule has 0 aromatic carbocycles. The van der Waals surface area contributed by atoms with E-state index in [4.69, 9.17) is 5.73 Å². The summed E-state index contributed by atoms with van der Waals surface area (Å²) in [7, 11) is 0. The van der Waals surface area contributed by atoms with Crippen LogP contribution in [-0.4, -0.2) is 16.1 Å². The number of hydrogen-bond donors (Lipinski definition) is 1. The van der Waals surface area contributed by atoms with Crippen molar-refractivity contribution < 1.29 is 0 Å². The van der Waals surface area contributed by atoms with Crippen molar-refractivity contribution in [2.45, 2.75) is 33.2 Å². The van der Waals surface area contributed by atoms with Crippen LogP contribution in [0, 0.1) is 5.92 Å². The van der Waals surface area contributed by atoms with E-state index >= 15 is 0 Å². The fraction of sp³-hybridized carbons (Fsp3) is 0.700. The lowest BCUT2D eigenvalue weighted by Crippen LogP contribution is -2.18. The molecule has 1 heterocycles. The van der Waals surface area contributed by atoms with Crippen molar-refractivity contribution in [3.8, 4) is 0 Å². The normalized spacial score (nSPS) is 13.6. The third-order valence-electron chi connectivity index (χ3n) is 2.17. The Labute approximate surface area is 80.0 Å². The van der Waals surface area contributed by atoms with Gasteiger partial charge in [0, 0.05) is 24.9 Å². The molecule has 2 N–H and O–H groups in total. The van der Waals surface area contributed by atoms with E-state index in [9.17, 15) is 0 Å². The summed E-state index contributed by atoms with van der Waals surface area (Å²) in [6.07, 6.45) is 3.89. The first-order valence-corrected chi connectivity index (χ1v) is 4.86. The maximum Gasteiger partial charge on any atom is 0.111 e. The van der Waals surface area contributed by atoms with Gasteiger partial charge in [-0.15, -0.1) is 0 Å². The first-order valence-electron chi connectivity index (χ1n) is 4.86. The predicted molar refractivity (Wildman–Crippen MR) is 54.5 cm³/mol. The molecule has 0 aliphatic heterocycles. The van der Waals surface area contributed by atoms with E-state index in [1.54, 1.807) is 0 Å². The molecule has 1 unspecified atom stereocenters. The maximum atomic E-state index is 5.58. The van der Waals surface area contributed by atoms with Gasteiger partial charge in [0.1, 0.15) is 5.82 Å². The Morgan fingerprint density at radius 1 is 1.46 bits per heavy atom. The number of aromatic nitrogens is 2. The smallest absolute Gasteiger partial charge is 0.111 e. The van der Waals surface area contributed by atoms with E-state index in [0.717, 1.165) is 18.9 Å². The average molecular weight is 181 g/mol. The predicted octanol–water partition coefficient (Wildman–Crippen LogP) is 1.60. The second-order valence-electron chi connectivity index (χ2n) is 3.93. The third kappa shape index (κ3) is 2.56. The van der Waals surface area contributed by atoms with Crippen LogP contribution >= 0.6 is 0 Å². The van der Waals surface area contributed by atoms with Gasteiger partial charge in [-0.05, 0) is 12.5 Å². The van der Waals surface area contributed by atoms with E-state index in [-0.39, 0.29) is 0 Å². The van der Waals surface area contributed by atoms with Crippen LogP contribution in [0.1, 0.15) is 32.5 Å². The van der Waals surface area contributed by atoms with Crippen molar-refractivity contribution in [3.63, 3.8) is 0 Å². The lowest BCUT2D eigenvalue weighted by Gasteiger charge is -2.13. The van der Waals surface area contributed by atoms with Gasteiger partial charge in [0.05, 0.1) is 0 Å². The molecule has 1 aromatic rings.